The number of halogens is 4. The van der Waals surface area contributed by atoms with Crippen molar-refractivity contribution in [3.05, 3.63) is 93.6 Å². The van der Waals surface area contributed by atoms with Crippen molar-refractivity contribution in [3.63, 3.8) is 0 Å². The van der Waals surface area contributed by atoms with Crippen LogP contribution >= 0.6 is 23.2 Å². The third-order valence-electron chi connectivity index (χ3n) is 4.04. The molecule has 0 bridgehead atoms. The molecule has 1 heterocycles. The summed E-state index contributed by atoms with van der Waals surface area (Å²) < 4.78 is 29.3. The molecule has 0 atom stereocenters. The first kappa shape index (κ1) is 17.7. The molecule has 5 heteroatoms. The molecule has 0 fully saturated rings. The van der Waals surface area contributed by atoms with E-state index in [-0.39, 0.29) is 10.6 Å². The van der Waals surface area contributed by atoms with Crippen LogP contribution in [0, 0.1) is 11.6 Å². The van der Waals surface area contributed by atoms with Crippen molar-refractivity contribution in [1.29, 1.82) is 0 Å². The van der Waals surface area contributed by atoms with Crippen LogP contribution in [0.5, 0.6) is 0 Å². The predicted molar refractivity (Wildman–Crippen MR) is 100 cm³/mol. The summed E-state index contributed by atoms with van der Waals surface area (Å²) in [4.78, 5) is 1.71. The van der Waals surface area contributed by atoms with E-state index in [1.54, 1.807) is 11.0 Å². The summed E-state index contributed by atoms with van der Waals surface area (Å²) in [6.07, 6.45) is 1.69. The van der Waals surface area contributed by atoms with Gasteiger partial charge in [-0.1, -0.05) is 60.1 Å². The molecule has 0 radical (unpaired) electrons. The van der Waals surface area contributed by atoms with Crippen LogP contribution in [0.25, 0.3) is 11.3 Å². The maximum Gasteiger partial charge on any atom is 0.136 e. The summed E-state index contributed by atoms with van der Waals surface area (Å²) in [5, 5.41) is 0.436. The lowest BCUT2D eigenvalue weighted by atomic mass is 9.94. The zero-order valence-electron chi connectivity index (χ0n) is 13.5. The van der Waals surface area contributed by atoms with Gasteiger partial charge in [-0.25, -0.2) is 8.78 Å². The molecule has 0 unspecified atom stereocenters. The van der Waals surface area contributed by atoms with Gasteiger partial charge in [0.15, 0.2) is 0 Å². The monoisotopic (exact) mass is 377 g/mol. The fraction of sp³-hybridized carbons (Fsp3) is 0.100. The Labute approximate surface area is 155 Å². The molecule has 2 aromatic rings. The SMILES string of the molecule is C=C1C(Cl)=CC(c2ccccc2)=C(c2c(F)cc(Cl)cc2F)N1CC. The molecule has 0 saturated carbocycles. The van der Waals surface area contributed by atoms with Crippen LogP contribution in [0.3, 0.4) is 0 Å². The highest BCUT2D eigenvalue weighted by molar-refractivity contribution is 6.33. The molecule has 1 nitrogen and oxygen atoms in total. The van der Waals surface area contributed by atoms with E-state index in [1.165, 1.54) is 0 Å². The number of likely N-dealkylation sites (N-methyl/N-ethyl adjacent to an activating group) is 1. The van der Waals surface area contributed by atoms with E-state index in [4.69, 9.17) is 23.2 Å². The Balaban J connectivity index is 2.38. The van der Waals surface area contributed by atoms with Crippen molar-refractivity contribution in [1.82, 2.24) is 4.90 Å². The van der Waals surface area contributed by atoms with Crippen LogP contribution in [0.2, 0.25) is 5.02 Å². The van der Waals surface area contributed by atoms with Gasteiger partial charge in [0.2, 0.25) is 0 Å². The second kappa shape index (κ2) is 7.03. The molecule has 1 aliphatic rings. The Bertz CT molecular complexity index is 878. The van der Waals surface area contributed by atoms with Gasteiger partial charge in [-0.05, 0) is 30.7 Å². The number of rotatable bonds is 3. The van der Waals surface area contributed by atoms with Crippen LogP contribution in [-0.4, -0.2) is 11.4 Å². The molecular weight excluding hydrogens is 363 g/mol. The first-order valence-electron chi connectivity index (χ1n) is 7.72. The Morgan fingerprint density at radius 2 is 1.64 bits per heavy atom. The zero-order valence-corrected chi connectivity index (χ0v) is 15.0. The predicted octanol–water partition coefficient (Wildman–Crippen LogP) is 6.46. The van der Waals surface area contributed by atoms with E-state index < -0.39 is 11.6 Å². The van der Waals surface area contributed by atoms with E-state index >= 15 is 0 Å². The molecule has 0 N–H and O–H groups in total. The molecule has 25 heavy (non-hydrogen) atoms. The maximum atomic E-state index is 14.7. The molecule has 0 amide bonds. The topological polar surface area (TPSA) is 3.24 Å². The standard InChI is InChI=1S/C20H15Cl2F2N/c1-3-25-12(2)16(22)11-15(13-7-5-4-6-8-13)20(25)19-17(23)9-14(21)10-18(19)24/h4-11H,2-3H2,1H3. The quantitative estimate of drug-likeness (QED) is 0.593. The van der Waals surface area contributed by atoms with Crippen molar-refractivity contribution in [3.8, 4) is 0 Å². The lowest BCUT2D eigenvalue weighted by molar-refractivity contribution is 0.509. The van der Waals surface area contributed by atoms with Crippen molar-refractivity contribution < 1.29 is 8.78 Å². The highest BCUT2D eigenvalue weighted by Crippen LogP contribution is 2.42. The second-order valence-corrected chi connectivity index (χ2v) is 6.40. The van der Waals surface area contributed by atoms with Gasteiger partial charge in [0.25, 0.3) is 0 Å². The van der Waals surface area contributed by atoms with E-state index in [2.05, 4.69) is 6.58 Å². The van der Waals surface area contributed by atoms with Gasteiger partial charge in [0.1, 0.15) is 11.6 Å². The number of hydrogen-bond donors (Lipinski definition) is 0. The Morgan fingerprint density at radius 1 is 1.04 bits per heavy atom. The van der Waals surface area contributed by atoms with Crippen LogP contribution in [0.1, 0.15) is 18.1 Å². The largest absolute Gasteiger partial charge is 0.340 e. The summed E-state index contributed by atoms with van der Waals surface area (Å²) in [6, 6.07) is 11.5. The van der Waals surface area contributed by atoms with Gasteiger partial charge >= 0.3 is 0 Å². The van der Waals surface area contributed by atoms with E-state index in [0.29, 0.717) is 28.5 Å². The van der Waals surface area contributed by atoms with E-state index in [0.717, 1.165) is 17.7 Å². The number of nitrogens with zero attached hydrogens (tertiary/aromatic N) is 1. The maximum absolute atomic E-state index is 14.7. The van der Waals surface area contributed by atoms with Gasteiger partial charge in [-0.15, -0.1) is 0 Å². The third kappa shape index (κ3) is 3.22. The van der Waals surface area contributed by atoms with Crippen molar-refractivity contribution >= 4 is 34.5 Å². The van der Waals surface area contributed by atoms with Crippen molar-refractivity contribution in [2.45, 2.75) is 6.92 Å². The normalized spacial score (nSPS) is 14.8. The molecule has 0 aromatic heterocycles. The molecule has 128 valence electrons. The second-order valence-electron chi connectivity index (χ2n) is 5.56. The summed E-state index contributed by atoms with van der Waals surface area (Å²) in [7, 11) is 0. The van der Waals surface area contributed by atoms with Crippen LogP contribution in [0.15, 0.2) is 65.8 Å². The summed E-state index contributed by atoms with van der Waals surface area (Å²) in [6.45, 7) is 6.27. The molecule has 2 aromatic carbocycles. The van der Waals surface area contributed by atoms with Crippen LogP contribution < -0.4 is 0 Å². The van der Waals surface area contributed by atoms with Crippen LogP contribution in [-0.2, 0) is 0 Å². The van der Waals surface area contributed by atoms with Gasteiger partial charge in [-0.2, -0.15) is 0 Å². The summed E-state index contributed by atoms with van der Waals surface area (Å²) in [5.41, 5.74) is 2.16. The molecule has 3 rings (SSSR count). The lowest BCUT2D eigenvalue weighted by Crippen LogP contribution is -2.25. The highest BCUT2D eigenvalue weighted by atomic mass is 35.5. The Morgan fingerprint density at radius 3 is 2.20 bits per heavy atom. The molecule has 0 spiro atoms. The minimum Gasteiger partial charge on any atom is -0.340 e. The van der Waals surface area contributed by atoms with Gasteiger partial charge in [0.05, 0.1) is 22.0 Å². The first-order chi connectivity index (χ1) is 11.9. The lowest BCUT2D eigenvalue weighted by Gasteiger charge is -2.33. The zero-order chi connectivity index (χ0) is 18.1. The molecular formula is C20H15Cl2F2N. The molecule has 0 saturated heterocycles. The van der Waals surface area contributed by atoms with Gasteiger partial charge in [-0.3, -0.25) is 0 Å². The van der Waals surface area contributed by atoms with Crippen molar-refractivity contribution in [2.75, 3.05) is 6.54 Å². The Hall–Kier alpha value is -2.10. The van der Waals surface area contributed by atoms with E-state index in [1.807, 2.05) is 37.3 Å². The van der Waals surface area contributed by atoms with Gasteiger partial charge < -0.3 is 4.90 Å². The van der Waals surface area contributed by atoms with Gasteiger partial charge in [0, 0.05) is 17.1 Å². The average molecular weight is 378 g/mol. The van der Waals surface area contributed by atoms with Crippen molar-refractivity contribution in [2.24, 2.45) is 0 Å². The van der Waals surface area contributed by atoms with E-state index in [9.17, 15) is 8.78 Å². The summed E-state index contributed by atoms with van der Waals surface area (Å²) >= 11 is 12.1. The molecule has 1 aliphatic heterocycles. The minimum atomic E-state index is -0.730. The minimum absolute atomic E-state index is 0.00636. The van der Waals surface area contributed by atoms with Crippen LogP contribution in [0.4, 0.5) is 8.78 Å². The number of benzene rings is 2. The fourth-order valence-electron chi connectivity index (χ4n) is 2.91. The summed E-state index contributed by atoms with van der Waals surface area (Å²) in [5.74, 6) is -1.46. The molecule has 0 aliphatic carbocycles. The Kier molecular flexibility index (Phi) is 4.98. The smallest absolute Gasteiger partial charge is 0.136 e. The fourth-order valence-corrected chi connectivity index (χ4v) is 3.32. The number of hydrogen-bond acceptors (Lipinski definition) is 1. The number of allylic oxidation sites excluding steroid dienone is 3. The average Bonchev–Trinajstić information content (AvgIpc) is 2.58. The first-order valence-corrected chi connectivity index (χ1v) is 8.48. The highest BCUT2D eigenvalue weighted by Gasteiger charge is 2.29. The third-order valence-corrected chi connectivity index (χ3v) is 4.59.